The fourth-order valence-electron chi connectivity index (χ4n) is 16.5. The number of nitrogens with zero attached hydrogens (tertiary/aromatic N) is 1. The van der Waals surface area contributed by atoms with Gasteiger partial charge in [-0.2, -0.15) is 0 Å². The number of carbonyl (C=O) groups excluding carboxylic acids is 1. The SMILES string of the molecule is CC(C)S(=O)(=O)NCC(CN[C@]12CC[C@@H](C3(C)CC3)[C@@H]1[C@H]1CC[C@@H]3[C@@]4(C)CC[C@H](OC(=O)[C@H]5C[C@@H](C(=O)O)C5(C)C)C(C)(C)[C@@H]4CC[C@@]3(C)[C@]1(C)CC2)N1CCS(=O)(=O)CC1. The van der Waals surface area contributed by atoms with Crippen molar-refractivity contribution in [3.05, 3.63) is 0 Å². The van der Waals surface area contributed by atoms with Crippen LogP contribution in [0.1, 0.15) is 153 Å². The number of fused-ring (bicyclic) bond motifs is 7. The zero-order chi connectivity index (χ0) is 44.6. The lowest BCUT2D eigenvalue weighted by Gasteiger charge is -2.73. The highest BCUT2D eigenvalue weighted by atomic mass is 32.2. The Bertz CT molecular complexity index is 1950. The molecule has 8 fully saturated rings. The Labute approximate surface area is 368 Å². The Balaban J connectivity index is 1.03. The summed E-state index contributed by atoms with van der Waals surface area (Å²) < 4.78 is 60.4. The monoisotopic (exact) mass is 892 g/mol. The molecule has 0 spiro atoms. The molecule has 8 rings (SSSR count). The van der Waals surface area contributed by atoms with E-state index in [1.54, 1.807) is 13.8 Å². The summed E-state index contributed by atoms with van der Waals surface area (Å²) >= 11 is 0. The van der Waals surface area contributed by atoms with Crippen LogP contribution in [-0.4, -0.2) is 99.4 Å². The summed E-state index contributed by atoms with van der Waals surface area (Å²) in [6.45, 7) is 24.2. The molecule has 0 aromatic carbocycles. The van der Waals surface area contributed by atoms with Crippen molar-refractivity contribution < 1.29 is 36.3 Å². The van der Waals surface area contributed by atoms with Gasteiger partial charge in [-0.1, -0.05) is 55.4 Å². The first-order valence-electron chi connectivity index (χ1n) is 24.3. The molecule has 348 valence electrons. The lowest BCUT2D eigenvalue weighted by molar-refractivity contribution is -0.249. The first kappa shape index (κ1) is 46.3. The quantitative estimate of drug-likeness (QED) is 0.170. The van der Waals surface area contributed by atoms with Crippen LogP contribution in [0.4, 0.5) is 0 Å². The van der Waals surface area contributed by atoms with Crippen molar-refractivity contribution in [1.82, 2.24) is 14.9 Å². The molecule has 8 aliphatic rings. The maximum absolute atomic E-state index is 13.7. The lowest BCUT2D eigenvalue weighted by atomic mass is 9.32. The predicted molar refractivity (Wildman–Crippen MR) is 239 cm³/mol. The van der Waals surface area contributed by atoms with Gasteiger partial charge in [-0.15, -0.1) is 0 Å². The molecule has 13 atom stereocenters. The number of hydrogen-bond donors (Lipinski definition) is 3. The maximum Gasteiger partial charge on any atom is 0.309 e. The molecule has 0 bridgehead atoms. The Morgan fingerprint density at radius 3 is 2.03 bits per heavy atom. The average molecular weight is 892 g/mol. The van der Waals surface area contributed by atoms with E-state index in [-0.39, 0.29) is 69.3 Å². The highest BCUT2D eigenvalue weighted by molar-refractivity contribution is 7.91. The van der Waals surface area contributed by atoms with Crippen molar-refractivity contribution in [1.29, 1.82) is 0 Å². The third kappa shape index (κ3) is 7.31. The number of ether oxygens (including phenoxy) is 1. The Kier molecular flexibility index (Phi) is 11.5. The Morgan fingerprint density at radius 2 is 1.43 bits per heavy atom. The molecular weight excluding hydrogens is 811 g/mol. The van der Waals surface area contributed by atoms with Crippen LogP contribution >= 0.6 is 0 Å². The number of esters is 1. The van der Waals surface area contributed by atoms with Crippen LogP contribution in [0.5, 0.6) is 0 Å². The van der Waals surface area contributed by atoms with E-state index < -0.39 is 42.4 Å². The molecule has 0 aromatic rings. The van der Waals surface area contributed by atoms with Crippen molar-refractivity contribution in [2.24, 2.45) is 73.9 Å². The molecule has 11 nitrogen and oxygen atoms in total. The maximum atomic E-state index is 13.7. The van der Waals surface area contributed by atoms with Crippen molar-refractivity contribution in [2.75, 3.05) is 37.7 Å². The summed E-state index contributed by atoms with van der Waals surface area (Å²) in [6, 6.07) is -0.133. The van der Waals surface area contributed by atoms with E-state index in [1.807, 2.05) is 13.8 Å². The molecule has 1 aliphatic heterocycles. The van der Waals surface area contributed by atoms with Gasteiger partial charge in [0.2, 0.25) is 10.0 Å². The summed E-state index contributed by atoms with van der Waals surface area (Å²) in [5.74, 6) is 1.10. The first-order chi connectivity index (χ1) is 28.2. The van der Waals surface area contributed by atoms with Crippen LogP contribution in [0.25, 0.3) is 0 Å². The Hall–Kier alpha value is -1.28. The molecule has 0 radical (unpaired) electrons. The smallest absolute Gasteiger partial charge is 0.309 e. The second-order valence-corrected chi connectivity index (χ2v) is 29.2. The van der Waals surface area contributed by atoms with Crippen LogP contribution in [0.2, 0.25) is 0 Å². The van der Waals surface area contributed by atoms with E-state index in [2.05, 4.69) is 56.5 Å². The number of sulfone groups is 1. The van der Waals surface area contributed by atoms with Gasteiger partial charge in [0.05, 0.1) is 28.6 Å². The van der Waals surface area contributed by atoms with Crippen molar-refractivity contribution >= 4 is 31.8 Å². The molecule has 0 aromatic heterocycles. The van der Waals surface area contributed by atoms with Gasteiger partial charge in [-0.3, -0.25) is 14.5 Å². The van der Waals surface area contributed by atoms with Crippen molar-refractivity contribution in [3.8, 4) is 0 Å². The number of hydrogen-bond acceptors (Lipinski definition) is 9. The molecule has 0 amide bonds. The molecule has 13 heteroatoms. The summed E-state index contributed by atoms with van der Waals surface area (Å²) in [5, 5.41) is 13.4. The molecule has 1 heterocycles. The van der Waals surface area contributed by atoms with E-state index in [9.17, 15) is 31.5 Å². The van der Waals surface area contributed by atoms with Gasteiger partial charge >= 0.3 is 11.9 Å². The average Bonchev–Trinajstić information content (AvgIpc) is 3.78. The van der Waals surface area contributed by atoms with Gasteiger partial charge in [0, 0.05) is 43.2 Å². The summed E-state index contributed by atoms with van der Waals surface area (Å²) in [4.78, 5) is 27.8. The van der Waals surface area contributed by atoms with Crippen LogP contribution in [-0.2, 0) is 34.2 Å². The molecule has 1 saturated heterocycles. The largest absolute Gasteiger partial charge is 0.481 e. The minimum atomic E-state index is -3.48. The van der Waals surface area contributed by atoms with E-state index in [0.29, 0.717) is 61.1 Å². The minimum absolute atomic E-state index is 0.0226. The third-order valence-electron chi connectivity index (χ3n) is 21.1. The molecule has 3 N–H and O–H groups in total. The molecule has 61 heavy (non-hydrogen) atoms. The van der Waals surface area contributed by atoms with Gasteiger partial charge < -0.3 is 15.2 Å². The van der Waals surface area contributed by atoms with Crippen LogP contribution in [0, 0.1) is 73.9 Å². The van der Waals surface area contributed by atoms with Crippen molar-refractivity contribution in [2.45, 2.75) is 176 Å². The fourth-order valence-corrected chi connectivity index (χ4v) is 18.5. The highest BCUT2D eigenvalue weighted by Gasteiger charge is 2.72. The second kappa shape index (κ2) is 15.1. The van der Waals surface area contributed by atoms with E-state index in [4.69, 9.17) is 4.74 Å². The highest BCUT2D eigenvalue weighted by Crippen LogP contribution is 2.78. The number of rotatable bonds is 12. The summed E-state index contributed by atoms with van der Waals surface area (Å²) in [6.07, 6.45) is 14.1. The minimum Gasteiger partial charge on any atom is -0.481 e. The zero-order valence-electron chi connectivity index (χ0n) is 39.3. The number of nitrogens with one attached hydrogen (secondary N) is 2. The molecular formula is C48H81N3O8S2. The van der Waals surface area contributed by atoms with Gasteiger partial charge in [-0.05, 0) is 154 Å². The van der Waals surface area contributed by atoms with E-state index in [1.165, 1.54) is 44.9 Å². The lowest BCUT2D eigenvalue weighted by Crippen LogP contribution is -2.69. The zero-order valence-corrected chi connectivity index (χ0v) is 40.9. The molecule has 7 aliphatic carbocycles. The van der Waals surface area contributed by atoms with Crippen LogP contribution in [0.15, 0.2) is 0 Å². The van der Waals surface area contributed by atoms with E-state index >= 15 is 0 Å². The Morgan fingerprint density at radius 1 is 0.754 bits per heavy atom. The second-order valence-electron chi connectivity index (χ2n) is 24.6. The van der Waals surface area contributed by atoms with E-state index in [0.717, 1.165) is 32.1 Å². The van der Waals surface area contributed by atoms with Crippen LogP contribution in [0.3, 0.4) is 0 Å². The van der Waals surface area contributed by atoms with Gasteiger partial charge in [0.1, 0.15) is 6.10 Å². The topological polar surface area (TPSA) is 159 Å². The molecule has 1 unspecified atom stereocenters. The number of aliphatic carboxylic acids is 1. The van der Waals surface area contributed by atoms with Gasteiger partial charge in [0.15, 0.2) is 9.84 Å². The predicted octanol–water partition coefficient (Wildman–Crippen LogP) is 7.30. The fraction of sp³-hybridized carbons (Fsp3) is 0.958. The standard InChI is InChI=1S/C48H81N3O8S2/c1-30(2)61(57,58)50-29-31(51-23-25-60(55,56)26-24-51)28-49-48-18-13-32(44(7)19-20-44)39(48)33-11-12-37-45(8)16-15-38(59-41(54)35-27-34(40(52)53)42(35,3)4)43(5,6)36(45)14-17-47(37,10)46(33,9)21-22-48/h30-39,49-50H,11-29H2,1-10H3,(H,52,53)/t31?,32-,33-,34+,35-,36+,37-,38+,39-,45+,46-,47-,48+/m1/s1. The van der Waals surface area contributed by atoms with Gasteiger partial charge in [-0.25, -0.2) is 21.6 Å². The number of sulfonamides is 1. The first-order valence-corrected chi connectivity index (χ1v) is 27.7. The number of carboxylic acids is 1. The summed E-state index contributed by atoms with van der Waals surface area (Å²) in [5.41, 5.74) is 0.0286. The van der Waals surface area contributed by atoms with Crippen molar-refractivity contribution in [3.63, 3.8) is 0 Å². The third-order valence-corrected chi connectivity index (χ3v) is 24.6. The molecule has 7 saturated carbocycles. The number of carboxylic acid groups (broad SMARTS) is 1. The van der Waals surface area contributed by atoms with Crippen LogP contribution < -0.4 is 10.0 Å². The van der Waals surface area contributed by atoms with Gasteiger partial charge in [0.25, 0.3) is 0 Å². The number of carbonyl (C=O) groups is 2. The summed E-state index contributed by atoms with van der Waals surface area (Å²) in [7, 11) is -6.56. The normalized spacial score (nSPS) is 45.0.